The Labute approximate surface area is 156 Å². The van der Waals surface area contributed by atoms with Crippen molar-refractivity contribution in [2.24, 2.45) is 0 Å². The van der Waals surface area contributed by atoms with Gasteiger partial charge in [0.15, 0.2) is 6.54 Å². The van der Waals surface area contributed by atoms with Crippen molar-refractivity contribution in [3.8, 4) is 0 Å². The van der Waals surface area contributed by atoms with Crippen molar-refractivity contribution in [2.75, 3.05) is 20.6 Å². The molecule has 0 aliphatic heterocycles. The summed E-state index contributed by atoms with van der Waals surface area (Å²) in [6.45, 7) is 1.28. The third-order valence-electron chi connectivity index (χ3n) is 5.16. The molecule has 2 aliphatic rings. The number of hydrogen-bond acceptors (Lipinski definition) is 2. The lowest BCUT2D eigenvalue weighted by Crippen LogP contribution is -3.08. The minimum Gasteiger partial charge on any atom is -0.355 e. The molecule has 0 heterocycles. The van der Waals surface area contributed by atoms with E-state index in [1.165, 1.54) is 23.4 Å². The van der Waals surface area contributed by atoms with Crippen molar-refractivity contribution < 1.29 is 14.5 Å². The minimum absolute atomic E-state index is 0.0757. The van der Waals surface area contributed by atoms with Gasteiger partial charge in [0.05, 0.1) is 7.05 Å². The quantitative estimate of drug-likeness (QED) is 0.778. The Bertz CT molecular complexity index is 677. The van der Waals surface area contributed by atoms with Crippen molar-refractivity contribution in [3.63, 3.8) is 0 Å². The first-order valence-corrected chi connectivity index (χ1v) is 9.72. The van der Waals surface area contributed by atoms with E-state index in [0.29, 0.717) is 18.2 Å². The first kappa shape index (κ1) is 18.6. The number of allylic oxidation sites excluding steroid dienone is 2. The van der Waals surface area contributed by atoms with Gasteiger partial charge in [0.1, 0.15) is 6.54 Å². The van der Waals surface area contributed by atoms with Crippen molar-refractivity contribution in [1.29, 1.82) is 0 Å². The van der Waals surface area contributed by atoms with Crippen molar-refractivity contribution in [1.82, 2.24) is 10.2 Å². The highest BCUT2D eigenvalue weighted by Crippen LogP contribution is 2.33. The maximum Gasteiger partial charge on any atom is 0.282 e. The number of likely N-dealkylation sites (N-methyl/N-ethyl adjacent to an activating group) is 1. The molecule has 1 saturated carbocycles. The van der Waals surface area contributed by atoms with Gasteiger partial charge in [-0.05, 0) is 50.7 Å². The molecule has 2 aliphatic carbocycles. The van der Waals surface area contributed by atoms with Gasteiger partial charge in [-0.3, -0.25) is 9.59 Å². The second kappa shape index (κ2) is 8.49. The number of amides is 2. The Hall–Kier alpha value is -2.14. The van der Waals surface area contributed by atoms with Crippen LogP contribution in [0, 0.1) is 0 Å². The highest BCUT2D eigenvalue weighted by atomic mass is 16.2. The van der Waals surface area contributed by atoms with E-state index in [9.17, 15) is 9.59 Å². The van der Waals surface area contributed by atoms with Crippen LogP contribution in [0.2, 0.25) is 0 Å². The number of rotatable bonds is 7. The Morgan fingerprint density at radius 2 is 1.92 bits per heavy atom. The summed E-state index contributed by atoms with van der Waals surface area (Å²) in [5.74, 6) is 0.174. The molecule has 1 aromatic rings. The number of benzene rings is 1. The fourth-order valence-corrected chi connectivity index (χ4v) is 3.64. The molecular weight excluding hydrogens is 326 g/mol. The zero-order chi connectivity index (χ0) is 18.5. The lowest BCUT2D eigenvalue weighted by atomic mass is 10.0. The molecular formula is C21H30N3O2+. The monoisotopic (exact) mass is 356 g/mol. The van der Waals surface area contributed by atoms with Crippen LogP contribution in [-0.2, 0) is 11.3 Å². The van der Waals surface area contributed by atoms with Gasteiger partial charge in [-0.1, -0.05) is 18.2 Å². The van der Waals surface area contributed by atoms with Crippen LogP contribution >= 0.6 is 0 Å². The normalized spacial score (nSPS) is 18.0. The fraction of sp³-hybridized carbons (Fsp3) is 0.524. The molecule has 0 spiro atoms. The predicted octanol–water partition coefficient (Wildman–Crippen LogP) is 1.51. The Kier molecular flexibility index (Phi) is 6.09. The van der Waals surface area contributed by atoms with E-state index in [4.69, 9.17) is 0 Å². The predicted molar refractivity (Wildman–Crippen MR) is 102 cm³/mol. The highest BCUT2D eigenvalue weighted by Gasteiger charge is 2.36. The highest BCUT2D eigenvalue weighted by molar-refractivity contribution is 5.93. The lowest BCUT2D eigenvalue weighted by Gasteiger charge is -2.28. The van der Waals surface area contributed by atoms with Crippen LogP contribution in [0.5, 0.6) is 0 Å². The Morgan fingerprint density at radius 1 is 1.19 bits per heavy atom. The molecule has 1 unspecified atom stereocenters. The second-order valence-corrected chi connectivity index (χ2v) is 7.52. The maximum absolute atomic E-state index is 12.9. The molecule has 0 saturated heterocycles. The van der Waals surface area contributed by atoms with Gasteiger partial charge in [0.2, 0.25) is 0 Å². The van der Waals surface area contributed by atoms with E-state index in [2.05, 4.69) is 23.3 Å². The number of nitrogens with one attached hydrogen (secondary N) is 2. The van der Waals surface area contributed by atoms with Crippen LogP contribution in [0.1, 0.15) is 54.4 Å². The maximum atomic E-state index is 12.9. The van der Waals surface area contributed by atoms with E-state index < -0.39 is 0 Å². The van der Waals surface area contributed by atoms with Crippen molar-refractivity contribution in [2.45, 2.75) is 51.1 Å². The van der Waals surface area contributed by atoms with Crippen LogP contribution in [0.4, 0.5) is 0 Å². The van der Waals surface area contributed by atoms with Gasteiger partial charge >= 0.3 is 0 Å². The van der Waals surface area contributed by atoms with Crippen LogP contribution in [0.25, 0.3) is 0 Å². The summed E-state index contributed by atoms with van der Waals surface area (Å²) in [6.07, 6.45) is 9.14. The molecule has 0 aromatic heterocycles. The van der Waals surface area contributed by atoms with Gasteiger partial charge in [0, 0.05) is 29.9 Å². The van der Waals surface area contributed by atoms with Gasteiger partial charge in [0.25, 0.3) is 11.8 Å². The van der Waals surface area contributed by atoms with Gasteiger partial charge in [-0.25, -0.2) is 0 Å². The molecule has 26 heavy (non-hydrogen) atoms. The Balaban J connectivity index is 1.58. The van der Waals surface area contributed by atoms with E-state index in [1.807, 2.05) is 24.3 Å². The molecule has 2 amide bonds. The molecule has 1 aromatic carbocycles. The smallest absolute Gasteiger partial charge is 0.282 e. The average Bonchev–Trinajstić information content (AvgIpc) is 3.47. The third-order valence-corrected chi connectivity index (χ3v) is 5.16. The second-order valence-electron chi connectivity index (χ2n) is 7.52. The molecule has 0 radical (unpaired) electrons. The third kappa shape index (κ3) is 4.73. The summed E-state index contributed by atoms with van der Waals surface area (Å²) in [4.78, 5) is 27.8. The molecule has 1 atom stereocenters. The van der Waals surface area contributed by atoms with Gasteiger partial charge in [-0.15, -0.1) is 0 Å². The Morgan fingerprint density at radius 3 is 2.50 bits per heavy atom. The zero-order valence-corrected chi connectivity index (χ0v) is 15.9. The molecule has 1 fully saturated rings. The number of nitrogens with zero attached hydrogens (tertiary/aromatic N) is 1. The van der Waals surface area contributed by atoms with E-state index in [1.54, 1.807) is 7.05 Å². The summed E-state index contributed by atoms with van der Waals surface area (Å²) in [7, 11) is 3.69. The summed E-state index contributed by atoms with van der Waals surface area (Å²) < 4.78 is 0. The van der Waals surface area contributed by atoms with Crippen LogP contribution in [0.15, 0.2) is 36.0 Å². The van der Waals surface area contributed by atoms with Crippen LogP contribution < -0.4 is 10.2 Å². The lowest BCUT2D eigenvalue weighted by molar-refractivity contribution is -0.885. The number of hydrogen-bond donors (Lipinski definition) is 2. The van der Waals surface area contributed by atoms with Crippen LogP contribution in [-0.4, -0.2) is 43.4 Å². The van der Waals surface area contributed by atoms with E-state index in [0.717, 1.165) is 37.8 Å². The number of carbonyl (C=O) groups is 2. The molecule has 5 heteroatoms. The largest absolute Gasteiger partial charge is 0.355 e. The summed E-state index contributed by atoms with van der Waals surface area (Å²) in [6, 6.07) is 8.06. The molecule has 140 valence electrons. The molecule has 0 bridgehead atoms. The SMILES string of the molecule is CNC(=O)c1ccc(C[NH+](C)CC(=O)N(C2=CCCCC2)C2CC2)cc1. The average molecular weight is 356 g/mol. The molecule has 3 rings (SSSR count). The topological polar surface area (TPSA) is 53.9 Å². The number of quaternary nitrogens is 1. The standard InChI is InChI=1S/C21H29N3O2/c1-22-21(26)17-10-8-16(9-11-17)14-23(2)15-20(25)24(19-12-13-19)18-6-4-3-5-7-18/h6,8-11,19H,3-5,7,12-15H2,1-2H3,(H,22,26)/p+1. The minimum atomic E-state index is -0.0757. The molecule has 5 nitrogen and oxygen atoms in total. The van der Waals surface area contributed by atoms with Crippen molar-refractivity contribution >= 4 is 11.8 Å². The van der Waals surface area contributed by atoms with Gasteiger partial charge < -0.3 is 15.1 Å². The van der Waals surface area contributed by atoms with Crippen molar-refractivity contribution in [3.05, 3.63) is 47.2 Å². The van der Waals surface area contributed by atoms with E-state index in [-0.39, 0.29) is 11.8 Å². The van der Waals surface area contributed by atoms with Gasteiger partial charge in [-0.2, -0.15) is 0 Å². The number of carbonyl (C=O) groups excluding carboxylic acids is 2. The summed E-state index contributed by atoms with van der Waals surface area (Å²) in [5, 5.41) is 2.63. The first-order chi connectivity index (χ1) is 12.6. The first-order valence-electron chi connectivity index (χ1n) is 9.72. The molecule has 2 N–H and O–H groups in total. The fourth-order valence-electron chi connectivity index (χ4n) is 3.64. The van der Waals surface area contributed by atoms with E-state index >= 15 is 0 Å². The zero-order valence-electron chi connectivity index (χ0n) is 15.9. The van der Waals surface area contributed by atoms with Crippen LogP contribution in [0.3, 0.4) is 0 Å². The summed E-state index contributed by atoms with van der Waals surface area (Å²) >= 11 is 0. The summed E-state index contributed by atoms with van der Waals surface area (Å²) in [5.41, 5.74) is 3.05.